The van der Waals surface area contributed by atoms with E-state index in [9.17, 15) is 4.79 Å². The van der Waals surface area contributed by atoms with Crippen LogP contribution < -0.4 is 0 Å². The largest absolute Gasteiger partial charge is 0.508 e. The van der Waals surface area contributed by atoms with Crippen molar-refractivity contribution in [3.05, 3.63) is 59.2 Å². The number of phenols is 2. The summed E-state index contributed by atoms with van der Waals surface area (Å²) in [7, 11) is 0. The van der Waals surface area contributed by atoms with Crippen molar-refractivity contribution in [1.82, 2.24) is 0 Å². The van der Waals surface area contributed by atoms with Crippen molar-refractivity contribution in [3.8, 4) is 11.5 Å². The molecule has 2 aromatic rings. The lowest BCUT2D eigenvalue weighted by molar-refractivity contribution is 0.112. The molecule has 0 saturated heterocycles. The summed E-state index contributed by atoms with van der Waals surface area (Å²) in [6.45, 7) is 3.62. The van der Waals surface area contributed by atoms with Crippen LogP contribution in [0.2, 0.25) is 0 Å². The van der Waals surface area contributed by atoms with Crippen molar-refractivity contribution >= 4 is 6.29 Å². The molecule has 0 unspecified atom stereocenters. The molecule has 2 N–H and O–H groups in total. The summed E-state index contributed by atoms with van der Waals surface area (Å²) in [6, 6.07) is 12.3. The molecule has 2 rings (SSSR count). The molecule has 94 valence electrons. The van der Waals surface area contributed by atoms with E-state index in [4.69, 9.17) is 10.2 Å². The number of carbonyl (C=O) groups excluding carboxylic acids is 1. The van der Waals surface area contributed by atoms with Crippen LogP contribution in [0.1, 0.15) is 21.5 Å². The summed E-state index contributed by atoms with van der Waals surface area (Å²) in [5.74, 6) is 0.449. The highest BCUT2D eigenvalue weighted by Gasteiger charge is 1.99. The number of phenolic OH excluding ortho intramolecular Hbond substituents is 2. The predicted molar refractivity (Wildman–Crippen MR) is 71.1 cm³/mol. The first-order valence-electron chi connectivity index (χ1n) is 5.54. The zero-order chi connectivity index (χ0) is 13.5. The summed E-state index contributed by atoms with van der Waals surface area (Å²) in [5.41, 5.74) is 2.00. The molecule has 0 aliphatic heterocycles. The second kappa shape index (κ2) is 6.45. The van der Waals surface area contributed by atoms with Gasteiger partial charge in [0.25, 0.3) is 0 Å². The fraction of sp³-hybridized carbons (Fsp3) is 0.133. The zero-order valence-corrected chi connectivity index (χ0v) is 10.4. The highest BCUT2D eigenvalue weighted by molar-refractivity contribution is 5.79. The Bertz CT molecular complexity index is 512. The summed E-state index contributed by atoms with van der Waals surface area (Å²) in [6.07, 6.45) is 0.641. The van der Waals surface area contributed by atoms with Gasteiger partial charge < -0.3 is 10.2 Å². The van der Waals surface area contributed by atoms with Crippen molar-refractivity contribution < 1.29 is 15.0 Å². The number of para-hydroxylation sites is 2. The zero-order valence-electron chi connectivity index (χ0n) is 10.4. The Labute approximate surface area is 106 Å². The third-order valence-electron chi connectivity index (χ3n) is 2.51. The fourth-order valence-corrected chi connectivity index (χ4v) is 1.34. The van der Waals surface area contributed by atoms with Crippen LogP contribution in [0.25, 0.3) is 0 Å². The van der Waals surface area contributed by atoms with E-state index in [0.717, 1.165) is 11.1 Å². The van der Waals surface area contributed by atoms with Gasteiger partial charge in [-0.15, -0.1) is 0 Å². The highest BCUT2D eigenvalue weighted by atomic mass is 16.3. The third kappa shape index (κ3) is 3.63. The van der Waals surface area contributed by atoms with Gasteiger partial charge in [-0.3, -0.25) is 4.79 Å². The molecule has 2 aromatic carbocycles. The van der Waals surface area contributed by atoms with Gasteiger partial charge in [-0.05, 0) is 37.1 Å². The van der Waals surface area contributed by atoms with Gasteiger partial charge >= 0.3 is 0 Å². The van der Waals surface area contributed by atoms with Gasteiger partial charge in [-0.1, -0.05) is 30.3 Å². The number of benzene rings is 2. The Morgan fingerprint density at radius 2 is 1.50 bits per heavy atom. The summed E-state index contributed by atoms with van der Waals surface area (Å²) < 4.78 is 0. The molecule has 0 amide bonds. The first kappa shape index (κ1) is 13.8. The van der Waals surface area contributed by atoms with Gasteiger partial charge in [0.05, 0.1) is 5.56 Å². The maximum atomic E-state index is 10.2. The van der Waals surface area contributed by atoms with Crippen molar-refractivity contribution in [2.75, 3.05) is 0 Å². The SMILES string of the molecule is Cc1cccc(C=O)c1O.Cc1ccccc1O. The molecule has 3 nitrogen and oxygen atoms in total. The molecule has 0 aliphatic carbocycles. The lowest BCUT2D eigenvalue weighted by Crippen LogP contribution is -1.82. The van der Waals surface area contributed by atoms with E-state index in [0.29, 0.717) is 17.6 Å². The monoisotopic (exact) mass is 244 g/mol. The van der Waals surface area contributed by atoms with Crippen molar-refractivity contribution in [2.45, 2.75) is 13.8 Å². The molecule has 0 bridgehead atoms. The van der Waals surface area contributed by atoms with E-state index in [1.54, 1.807) is 31.2 Å². The van der Waals surface area contributed by atoms with Gasteiger partial charge in [-0.25, -0.2) is 0 Å². The Morgan fingerprint density at radius 3 is 1.94 bits per heavy atom. The minimum Gasteiger partial charge on any atom is -0.508 e. The normalized spacial score (nSPS) is 9.22. The number of hydrogen-bond acceptors (Lipinski definition) is 3. The molecular formula is C15H16O3. The molecule has 0 radical (unpaired) electrons. The van der Waals surface area contributed by atoms with Crippen LogP contribution in [-0.4, -0.2) is 16.5 Å². The number of hydrogen-bond donors (Lipinski definition) is 2. The summed E-state index contributed by atoms with van der Waals surface area (Å²) in [5, 5.41) is 18.1. The summed E-state index contributed by atoms with van der Waals surface area (Å²) >= 11 is 0. The van der Waals surface area contributed by atoms with Gasteiger partial charge in [0, 0.05) is 0 Å². The number of aromatic hydroxyl groups is 2. The molecule has 0 atom stereocenters. The van der Waals surface area contributed by atoms with Crippen LogP contribution in [0.15, 0.2) is 42.5 Å². The number of carbonyl (C=O) groups is 1. The molecule has 0 heterocycles. The molecule has 18 heavy (non-hydrogen) atoms. The molecule has 0 aromatic heterocycles. The van der Waals surface area contributed by atoms with Crippen molar-refractivity contribution in [3.63, 3.8) is 0 Å². The number of aldehydes is 1. The Morgan fingerprint density at radius 1 is 0.889 bits per heavy atom. The van der Waals surface area contributed by atoms with E-state index >= 15 is 0 Å². The number of aryl methyl sites for hydroxylation is 2. The highest BCUT2D eigenvalue weighted by Crippen LogP contribution is 2.18. The lowest BCUT2D eigenvalue weighted by Gasteiger charge is -1.98. The van der Waals surface area contributed by atoms with Gasteiger partial charge in [-0.2, -0.15) is 0 Å². The van der Waals surface area contributed by atoms with Crippen LogP contribution >= 0.6 is 0 Å². The molecule has 0 fully saturated rings. The van der Waals surface area contributed by atoms with Gasteiger partial charge in [0.1, 0.15) is 11.5 Å². The second-order valence-electron chi connectivity index (χ2n) is 3.92. The van der Waals surface area contributed by atoms with Crippen molar-refractivity contribution in [2.24, 2.45) is 0 Å². The van der Waals surface area contributed by atoms with Crippen LogP contribution in [0.3, 0.4) is 0 Å². The first-order valence-corrected chi connectivity index (χ1v) is 5.54. The van der Waals surface area contributed by atoms with Gasteiger partial charge in [0.15, 0.2) is 6.29 Å². The van der Waals surface area contributed by atoms with Crippen LogP contribution in [0.5, 0.6) is 11.5 Å². The minimum absolute atomic E-state index is 0.0810. The van der Waals surface area contributed by atoms with E-state index < -0.39 is 0 Å². The third-order valence-corrected chi connectivity index (χ3v) is 2.51. The van der Waals surface area contributed by atoms with E-state index in [2.05, 4.69) is 0 Å². The Hall–Kier alpha value is -2.29. The topological polar surface area (TPSA) is 57.5 Å². The van der Waals surface area contributed by atoms with Crippen LogP contribution in [0, 0.1) is 13.8 Å². The molecule has 0 spiro atoms. The maximum absolute atomic E-state index is 10.2. The van der Waals surface area contributed by atoms with Crippen LogP contribution in [0.4, 0.5) is 0 Å². The van der Waals surface area contributed by atoms with Crippen molar-refractivity contribution in [1.29, 1.82) is 0 Å². The van der Waals surface area contributed by atoms with E-state index in [1.807, 2.05) is 25.1 Å². The quantitative estimate of drug-likeness (QED) is 0.757. The smallest absolute Gasteiger partial charge is 0.153 e. The average molecular weight is 244 g/mol. The van der Waals surface area contributed by atoms with E-state index in [-0.39, 0.29) is 5.75 Å². The molecule has 0 aliphatic rings. The first-order chi connectivity index (χ1) is 8.56. The molecular weight excluding hydrogens is 228 g/mol. The van der Waals surface area contributed by atoms with E-state index in [1.165, 1.54) is 0 Å². The van der Waals surface area contributed by atoms with Crippen LogP contribution in [-0.2, 0) is 0 Å². The fourth-order valence-electron chi connectivity index (χ4n) is 1.34. The molecule has 3 heteroatoms. The maximum Gasteiger partial charge on any atom is 0.153 e. The van der Waals surface area contributed by atoms with Gasteiger partial charge in [0.2, 0.25) is 0 Å². The molecule has 0 saturated carbocycles. The minimum atomic E-state index is 0.0810. The predicted octanol–water partition coefficient (Wildman–Crippen LogP) is 3.21. The standard InChI is InChI=1S/C8H8O2.C7H8O/c1-6-3-2-4-7(5-9)8(6)10;1-6-4-2-3-5-7(6)8/h2-5,10H,1H3;2-5,8H,1H3. The average Bonchev–Trinajstić information content (AvgIpc) is 2.37. The second-order valence-corrected chi connectivity index (χ2v) is 3.92. The Balaban J connectivity index is 0.000000184. The number of rotatable bonds is 1. The Kier molecular flexibility index (Phi) is 4.93. The lowest BCUT2D eigenvalue weighted by atomic mass is 10.1. The summed E-state index contributed by atoms with van der Waals surface area (Å²) in [4.78, 5) is 10.2.